The van der Waals surface area contributed by atoms with Crippen molar-refractivity contribution in [3.8, 4) is 0 Å². The monoisotopic (exact) mass is 430 g/mol. The summed E-state index contributed by atoms with van der Waals surface area (Å²) in [6.07, 6.45) is 1.37. The van der Waals surface area contributed by atoms with Crippen molar-refractivity contribution in [2.75, 3.05) is 12.3 Å². The molecule has 0 radical (unpaired) electrons. The molecule has 0 unspecified atom stereocenters. The van der Waals surface area contributed by atoms with Crippen molar-refractivity contribution in [2.24, 2.45) is 0 Å². The fraction of sp³-hybridized carbons (Fsp3) is 0.417. The molecule has 4 nitrogen and oxygen atoms in total. The molecule has 162 valence electrons. The van der Waals surface area contributed by atoms with Crippen LogP contribution in [0.5, 0.6) is 0 Å². The molecule has 30 heavy (non-hydrogen) atoms. The Hall–Kier alpha value is -2.34. The molecule has 2 amide bonds. The van der Waals surface area contributed by atoms with Crippen LogP contribution in [-0.2, 0) is 21.9 Å². The largest absolute Gasteiger partial charge is 0.354 e. The molecule has 0 aromatic heterocycles. The molecule has 0 spiro atoms. The van der Waals surface area contributed by atoms with Crippen LogP contribution in [0.25, 0.3) is 0 Å². The molecule has 1 N–H and O–H groups in total. The van der Waals surface area contributed by atoms with Crippen molar-refractivity contribution in [1.29, 1.82) is 0 Å². The average Bonchev–Trinajstić information content (AvgIpc) is 2.73. The van der Waals surface area contributed by atoms with E-state index in [1.165, 1.54) is 17.8 Å². The Balaban J connectivity index is 2.12. The lowest BCUT2D eigenvalue weighted by Crippen LogP contribution is -2.49. The predicted octanol–water partition coefficient (Wildman–Crippen LogP) is 4.70. The number of aryl methyl sites for hydroxylation is 1. The minimum atomic E-state index is -0.529. The fourth-order valence-electron chi connectivity index (χ4n) is 3.24. The zero-order valence-electron chi connectivity index (χ0n) is 18.0. The quantitative estimate of drug-likeness (QED) is 0.562. The number of nitrogens with zero attached hydrogens (tertiary/aromatic N) is 1. The van der Waals surface area contributed by atoms with Gasteiger partial charge in [0.1, 0.15) is 11.9 Å². The number of carbonyl (C=O) groups excluding carboxylic acids is 2. The van der Waals surface area contributed by atoms with Gasteiger partial charge in [0.2, 0.25) is 11.8 Å². The Kier molecular flexibility index (Phi) is 9.87. The van der Waals surface area contributed by atoms with Gasteiger partial charge in [0.25, 0.3) is 0 Å². The third-order valence-corrected chi connectivity index (χ3v) is 5.78. The molecule has 0 saturated carbocycles. The van der Waals surface area contributed by atoms with Crippen LogP contribution < -0.4 is 5.32 Å². The molecule has 2 rings (SSSR count). The van der Waals surface area contributed by atoms with Crippen LogP contribution in [-0.4, -0.2) is 35.1 Å². The van der Waals surface area contributed by atoms with E-state index in [-0.39, 0.29) is 23.4 Å². The van der Waals surface area contributed by atoms with Crippen molar-refractivity contribution >= 4 is 23.6 Å². The minimum absolute atomic E-state index is 0.114. The van der Waals surface area contributed by atoms with Gasteiger partial charge in [0, 0.05) is 18.8 Å². The Morgan fingerprint density at radius 3 is 2.57 bits per heavy atom. The molecule has 0 fully saturated rings. The second kappa shape index (κ2) is 12.4. The Morgan fingerprint density at radius 2 is 1.90 bits per heavy atom. The molecular weight excluding hydrogens is 399 g/mol. The first-order valence-electron chi connectivity index (χ1n) is 10.4. The number of benzene rings is 2. The van der Waals surface area contributed by atoms with Gasteiger partial charge in [-0.3, -0.25) is 9.59 Å². The van der Waals surface area contributed by atoms with Crippen LogP contribution in [0.3, 0.4) is 0 Å². The first-order chi connectivity index (χ1) is 14.5. The van der Waals surface area contributed by atoms with Crippen LogP contribution in [0.4, 0.5) is 4.39 Å². The molecule has 0 saturated heterocycles. The minimum Gasteiger partial charge on any atom is -0.354 e. The van der Waals surface area contributed by atoms with Gasteiger partial charge in [-0.25, -0.2) is 4.39 Å². The first kappa shape index (κ1) is 23.9. The van der Waals surface area contributed by atoms with Crippen molar-refractivity contribution < 1.29 is 14.0 Å². The third kappa shape index (κ3) is 7.17. The van der Waals surface area contributed by atoms with Crippen LogP contribution in [0.1, 0.15) is 43.4 Å². The van der Waals surface area contributed by atoms with E-state index < -0.39 is 6.04 Å². The Labute approximate surface area is 183 Å². The number of halogens is 1. The number of nitrogens with one attached hydrogen (secondary N) is 1. The van der Waals surface area contributed by atoms with Crippen LogP contribution in [0.15, 0.2) is 48.5 Å². The molecule has 2 aromatic carbocycles. The standard InChI is InChI=1S/C24H31FN2O2S/c1-4-13-26-24(29)22(5-2)27(15-19-10-8-9-18(3)14-19)23(28)17-30-16-20-11-6-7-12-21(20)25/h6-12,14,22H,4-5,13,15-17H2,1-3H3,(H,26,29)/t22-/m0/s1. The number of hydrogen-bond acceptors (Lipinski definition) is 3. The van der Waals surface area contributed by atoms with E-state index in [4.69, 9.17) is 0 Å². The number of hydrogen-bond donors (Lipinski definition) is 1. The van der Waals surface area contributed by atoms with Gasteiger partial charge >= 0.3 is 0 Å². The second-order valence-corrected chi connectivity index (χ2v) is 8.30. The Morgan fingerprint density at radius 1 is 1.13 bits per heavy atom. The van der Waals surface area contributed by atoms with E-state index in [0.29, 0.717) is 30.8 Å². The van der Waals surface area contributed by atoms with Crippen molar-refractivity contribution in [2.45, 2.75) is 52.0 Å². The molecule has 0 aliphatic heterocycles. The SMILES string of the molecule is CCCNC(=O)[C@H](CC)N(Cc1cccc(C)c1)C(=O)CSCc1ccccc1F. The van der Waals surface area contributed by atoms with E-state index in [1.54, 1.807) is 23.1 Å². The average molecular weight is 431 g/mol. The van der Waals surface area contributed by atoms with Gasteiger partial charge in [0.05, 0.1) is 5.75 Å². The molecule has 0 heterocycles. The zero-order chi connectivity index (χ0) is 21.9. The highest BCUT2D eigenvalue weighted by Crippen LogP contribution is 2.19. The molecule has 0 aliphatic rings. The van der Waals surface area contributed by atoms with Gasteiger partial charge < -0.3 is 10.2 Å². The smallest absolute Gasteiger partial charge is 0.242 e. The molecule has 0 bridgehead atoms. The maximum atomic E-state index is 13.8. The summed E-state index contributed by atoms with van der Waals surface area (Å²) in [5.41, 5.74) is 2.68. The van der Waals surface area contributed by atoms with E-state index in [9.17, 15) is 14.0 Å². The maximum absolute atomic E-state index is 13.8. The van der Waals surface area contributed by atoms with E-state index >= 15 is 0 Å². The van der Waals surface area contributed by atoms with Crippen LogP contribution in [0.2, 0.25) is 0 Å². The van der Waals surface area contributed by atoms with Crippen molar-refractivity contribution in [1.82, 2.24) is 10.2 Å². The summed E-state index contributed by atoms with van der Waals surface area (Å²) in [5, 5.41) is 2.92. The predicted molar refractivity (Wildman–Crippen MR) is 122 cm³/mol. The van der Waals surface area contributed by atoms with Gasteiger partial charge in [0.15, 0.2) is 0 Å². The fourth-order valence-corrected chi connectivity index (χ4v) is 4.14. The summed E-state index contributed by atoms with van der Waals surface area (Å²) >= 11 is 1.37. The van der Waals surface area contributed by atoms with Crippen LogP contribution in [0, 0.1) is 12.7 Å². The van der Waals surface area contributed by atoms with Gasteiger partial charge in [-0.1, -0.05) is 61.9 Å². The first-order valence-corrected chi connectivity index (χ1v) is 11.6. The van der Waals surface area contributed by atoms with E-state index in [0.717, 1.165) is 17.5 Å². The number of carbonyl (C=O) groups is 2. The Bertz CT molecular complexity index is 843. The van der Waals surface area contributed by atoms with Gasteiger partial charge in [-0.15, -0.1) is 11.8 Å². The van der Waals surface area contributed by atoms with Crippen molar-refractivity contribution in [3.63, 3.8) is 0 Å². The second-order valence-electron chi connectivity index (χ2n) is 7.31. The van der Waals surface area contributed by atoms with Gasteiger partial charge in [-0.05, 0) is 37.0 Å². The molecule has 0 aliphatic carbocycles. The topological polar surface area (TPSA) is 49.4 Å². The highest BCUT2D eigenvalue weighted by Gasteiger charge is 2.28. The summed E-state index contributed by atoms with van der Waals surface area (Å²) < 4.78 is 13.8. The molecule has 2 aromatic rings. The van der Waals surface area contributed by atoms with E-state index in [2.05, 4.69) is 5.32 Å². The molecule has 1 atom stereocenters. The summed E-state index contributed by atoms with van der Waals surface area (Å²) in [6, 6.07) is 14.0. The molecule has 6 heteroatoms. The highest BCUT2D eigenvalue weighted by molar-refractivity contribution is 7.99. The van der Waals surface area contributed by atoms with Crippen molar-refractivity contribution in [3.05, 3.63) is 71.0 Å². The lowest BCUT2D eigenvalue weighted by Gasteiger charge is -2.30. The third-order valence-electron chi connectivity index (χ3n) is 4.81. The number of amides is 2. The zero-order valence-corrected chi connectivity index (χ0v) is 18.8. The lowest BCUT2D eigenvalue weighted by molar-refractivity contribution is -0.139. The van der Waals surface area contributed by atoms with Gasteiger partial charge in [-0.2, -0.15) is 0 Å². The summed E-state index contributed by atoms with van der Waals surface area (Å²) in [4.78, 5) is 27.5. The van der Waals surface area contributed by atoms with Crippen LogP contribution >= 0.6 is 11.8 Å². The summed E-state index contributed by atoms with van der Waals surface area (Å²) in [6.45, 7) is 6.88. The number of thioether (sulfide) groups is 1. The number of rotatable bonds is 11. The summed E-state index contributed by atoms with van der Waals surface area (Å²) in [7, 11) is 0. The highest BCUT2D eigenvalue weighted by atomic mass is 32.2. The summed E-state index contributed by atoms with van der Waals surface area (Å²) in [5.74, 6) is 0.1000. The normalized spacial score (nSPS) is 11.7. The van der Waals surface area contributed by atoms with E-state index in [1.807, 2.05) is 45.0 Å². The molecular formula is C24H31FN2O2S. The lowest BCUT2D eigenvalue weighted by atomic mass is 10.1. The maximum Gasteiger partial charge on any atom is 0.242 e.